The molecule has 0 radical (unpaired) electrons. The van der Waals surface area contributed by atoms with E-state index in [1.165, 1.54) is 32.1 Å². The monoisotopic (exact) mass is 354 g/mol. The highest BCUT2D eigenvalue weighted by molar-refractivity contribution is 9.10. The first-order chi connectivity index (χ1) is 9.60. The molecule has 0 aromatic heterocycles. The van der Waals surface area contributed by atoms with Crippen molar-refractivity contribution in [2.75, 3.05) is 11.9 Å². The van der Waals surface area contributed by atoms with Gasteiger partial charge in [-0.05, 0) is 42.9 Å². The summed E-state index contributed by atoms with van der Waals surface area (Å²) in [5, 5.41) is 3.54. The van der Waals surface area contributed by atoms with Crippen molar-refractivity contribution in [2.45, 2.75) is 39.0 Å². The van der Waals surface area contributed by atoms with Crippen LogP contribution in [0.2, 0.25) is 0 Å². The van der Waals surface area contributed by atoms with E-state index in [0.29, 0.717) is 4.99 Å². The number of halogens is 1. The van der Waals surface area contributed by atoms with Crippen LogP contribution in [-0.2, 0) is 0 Å². The molecule has 2 rings (SSSR count). The number of thiocarbonyl (C=S) groups is 1. The average molecular weight is 355 g/mol. The zero-order valence-corrected chi connectivity index (χ0v) is 14.4. The standard InChI is InChI=1S/C16H23BrN2S/c1-2-11-3-5-12(6-4-11)10-19-15-9-13(17)7-8-14(15)16(18)20/h7-9,11-12,19H,2-6,10H2,1H3,(H2,18,20). The Kier molecular flexibility index (Phi) is 5.85. The molecule has 1 aromatic carbocycles. The van der Waals surface area contributed by atoms with Crippen LogP contribution in [0.3, 0.4) is 0 Å². The van der Waals surface area contributed by atoms with Crippen molar-refractivity contribution in [1.29, 1.82) is 0 Å². The second kappa shape index (κ2) is 7.41. The molecular weight excluding hydrogens is 332 g/mol. The molecule has 4 heteroatoms. The third-order valence-corrected chi connectivity index (χ3v) is 5.09. The third-order valence-electron chi connectivity index (χ3n) is 4.37. The molecule has 1 fully saturated rings. The molecule has 0 aliphatic heterocycles. The van der Waals surface area contributed by atoms with Gasteiger partial charge in [0.05, 0.1) is 0 Å². The fraction of sp³-hybridized carbons (Fsp3) is 0.562. The van der Waals surface area contributed by atoms with Crippen molar-refractivity contribution >= 4 is 38.8 Å². The summed E-state index contributed by atoms with van der Waals surface area (Å²) in [7, 11) is 0. The lowest BCUT2D eigenvalue weighted by atomic mass is 9.81. The van der Waals surface area contributed by atoms with Gasteiger partial charge in [0, 0.05) is 22.3 Å². The van der Waals surface area contributed by atoms with Gasteiger partial charge in [-0.25, -0.2) is 0 Å². The van der Waals surface area contributed by atoms with Gasteiger partial charge in [0.2, 0.25) is 0 Å². The van der Waals surface area contributed by atoms with E-state index in [-0.39, 0.29) is 0 Å². The fourth-order valence-electron chi connectivity index (χ4n) is 2.98. The second-order valence-corrected chi connectivity index (χ2v) is 7.09. The summed E-state index contributed by atoms with van der Waals surface area (Å²) < 4.78 is 1.05. The predicted molar refractivity (Wildman–Crippen MR) is 94.3 cm³/mol. The van der Waals surface area contributed by atoms with Crippen molar-refractivity contribution < 1.29 is 0 Å². The highest BCUT2D eigenvalue weighted by atomic mass is 79.9. The van der Waals surface area contributed by atoms with E-state index in [9.17, 15) is 0 Å². The number of benzene rings is 1. The lowest BCUT2D eigenvalue weighted by Gasteiger charge is -2.28. The van der Waals surface area contributed by atoms with Crippen LogP contribution in [-0.4, -0.2) is 11.5 Å². The van der Waals surface area contributed by atoms with Crippen LogP contribution in [0.15, 0.2) is 22.7 Å². The van der Waals surface area contributed by atoms with Crippen molar-refractivity contribution in [3.8, 4) is 0 Å². The maximum Gasteiger partial charge on any atom is 0.106 e. The molecule has 0 unspecified atom stereocenters. The summed E-state index contributed by atoms with van der Waals surface area (Å²) in [5.74, 6) is 1.72. The first-order valence-electron chi connectivity index (χ1n) is 7.43. The van der Waals surface area contributed by atoms with E-state index in [4.69, 9.17) is 18.0 Å². The number of anilines is 1. The number of nitrogens with two attached hydrogens (primary N) is 1. The highest BCUT2D eigenvalue weighted by Gasteiger charge is 2.20. The van der Waals surface area contributed by atoms with Crippen molar-refractivity contribution in [1.82, 2.24) is 0 Å². The maximum atomic E-state index is 5.79. The SMILES string of the molecule is CCC1CCC(CNc2cc(Br)ccc2C(N)=S)CC1. The Labute approximate surface area is 135 Å². The maximum absolute atomic E-state index is 5.79. The van der Waals surface area contributed by atoms with E-state index in [1.54, 1.807) is 0 Å². The highest BCUT2D eigenvalue weighted by Crippen LogP contribution is 2.31. The van der Waals surface area contributed by atoms with E-state index in [0.717, 1.165) is 34.1 Å². The van der Waals surface area contributed by atoms with E-state index < -0.39 is 0 Å². The van der Waals surface area contributed by atoms with Crippen LogP contribution in [0.1, 0.15) is 44.6 Å². The predicted octanol–water partition coefficient (Wildman–Crippen LogP) is 4.71. The molecule has 0 saturated heterocycles. The molecule has 1 aliphatic rings. The third kappa shape index (κ3) is 4.19. The van der Waals surface area contributed by atoms with Gasteiger partial charge in [-0.2, -0.15) is 0 Å². The lowest BCUT2D eigenvalue weighted by Crippen LogP contribution is -2.22. The summed E-state index contributed by atoms with van der Waals surface area (Å²) in [4.78, 5) is 0.453. The molecule has 0 amide bonds. The quantitative estimate of drug-likeness (QED) is 0.751. The zero-order valence-electron chi connectivity index (χ0n) is 12.0. The number of rotatable bonds is 5. The minimum absolute atomic E-state index is 0.453. The first kappa shape index (κ1) is 15.8. The first-order valence-corrected chi connectivity index (χ1v) is 8.63. The molecule has 0 bridgehead atoms. The molecule has 0 spiro atoms. The number of nitrogens with one attached hydrogen (secondary N) is 1. The molecular formula is C16H23BrN2S. The normalized spacial score (nSPS) is 22.5. The van der Waals surface area contributed by atoms with Crippen LogP contribution in [0.4, 0.5) is 5.69 Å². The smallest absolute Gasteiger partial charge is 0.106 e. The van der Waals surface area contributed by atoms with E-state index >= 15 is 0 Å². The van der Waals surface area contributed by atoms with Crippen molar-refractivity contribution in [3.63, 3.8) is 0 Å². The zero-order chi connectivity index (χ0) is 14.5. The minimum atomic E-state index is 0.453. The van der Waals surface area contributed by atoms with Crippen LogP contribution in [0.5, 0.6) is 0 Å². The summed E-state index contributed by atoms with van der Waals surface area (Å²) in [6.07, 6.45) is 6.76. The van der Waals surface area contributed by atoms with Gasteiger partial charge in [-0.1, -0.05) is 54.3 Å². The van der Waals surface area contributed by atoms with Gasteiger partial charge in [0.1, 0.15) is 4.99 Å². The molecule has 1 saturated carbocycles. The molecule has 0 heterocycles. The van der Waals surface area contributed by atoms with Gasteiger partial charge in [-0.15, -0.1) is 0 Å². The fourth-order valence-corrected chi connectivity index (χ4v) is 3.51. The Morgan fingerprint density at radius 2 is 1.95 bits per heavy atom. The Balaban J connectivity index is 1.94. The van der Waals surface area contributed by atoms with Crippen molar-refractivity contribution in [3.05, 3.63) is 28.2 Å². The Morgan fingerprint density at radius 3 is 2.55 bits per heavy atom. The molecule has 1 aliphatic carbocycles. The van der Waals surface area contributed by atoms with Gasteiger partial charge >= 0.3 is 0 Å². The van der Waals surface area contributed by atoms with Gasteiger partial charge in [0.15, 0.2) is 0 Å². The van der Waals surface area contributed by atoms with Crippen LogP contribution in [0.25, 0.3) is 0 Å². The summed E-state index contributed by atoms with van der Waals surface area (Å²) >= 11 is 8.62. The number of hydrogen-bond acceptors (Lipinski definition) is 2. The van der Waals surface area contributed by atoms with Gasteiger partial charge in [0.25, 0.3) is 0 Å². The van der Waals surface area contributed by atoms with Crippen molar-refractivity contribution in [2.24, 2.45) is 17.6 Å². The molecule has 110 valence electrons. The molecule has 1 aromatic rings. The van der Waals surface area contributed by atoms with Crippen LogP contribution in [0, 0.1) is 11.8 Å². The topological polar surface area (TPSA) is 38.0 Å². The minimum Gasteiger partial charge on any atom is -0.389 e. The summed E-state index contributed by atoms with van der Waals surface area (Å²) in [6, 6.07) is 6.01. The molecule has 20 heavy (non-hydrogen) atoms. The summed E-state index contributed by atoms with van der Waals surface area (Å²) in [5.41, 5.74) is 7.77. The van der Waals surface area contributed by atoms with Gasteiger partial charge in [-0.3, -0.25) is 0 Å². The van der Waals surface area contributed by atoms with E-state index in [2.05, 4.69) is 34.2 Å². The molecule has 0 atom stereocenters. The van der Waals surface area contributed by atoms with E-state index in [1.807, 2.05) is 12.1 Å². The molecule has 2 nitrogen and oxygen atoms in total. The Morgan fingerprint density at radius 1 is 1.30 bits per heavy atom. The second-order valence-electron chi connectivity index (χ2n) is 5.73. The Hall–Kier alpha value is -0.610. The average Bonchev–Trinajstić information content (AvgIpc) is 2.45. The van der Waals surface area contributed by atoms with Crippen LogP contribution < -0.4 is 11.1 Å². The molecule has 3 N–H and O–H groups in total. The summed E-state index contributed by atoms with van der Waals surface area (Å²) in [6.45, 7) is 3.32. The van der Waals surface area contributed by atoms with Gasteiger partial charge < -0.3 is 11.1 Å². The Bertz CT molecular complexity index is 468. The van der Waals surface area contributed by atoms with Crippen LogP contribution >= 0.6 is 28.1 Å². The lowest BCUT2D eigenvalue weighted by molar-refractivity contribution is 0.278. The number of hydrogen-bond donors (Lipinski definition) is 2. The largest absolute Gasteiger partial charge is 0.389 e.